The molecule has 0 heterocycles. The van der Waals surface area contributed by atoms with Gasteiger partial charge in [-0.25, -0.2) is 0 Å². The SMILES string of the molecule is COCCOCCCNC1CC(c2cccc(C)c2)C1. The lowest BCUT2D eigenvalue weighted by molar-refractivity contribution is 0.0688. The lowest BCUT2D eigenvalue weighted by Crippen LogP contribution is -2.40. The van der Waals surface area contributed by atoms with E-state index >= 15 is 0 Å². The van der Waals surface area contributed by atoms with E-state index in [1.54, 1.807) is 7.11 Å². The van der Waals surface area contributed by atoms with E-state index in [1.165, 1.54) is 24.0 Å². The van der Waals surface area contributed by atoms with Crippen LogP contribution < -0.4 is 5.32 Å². The summed E-state index contributed by atoms with van der Waals surface area (Å²) in [6.45, 7) is 5.44. The Morgan fingerprint density at radius 2 is 2.05 bits per heavy atom. The number of nitrogens with one attached hydrogen (secondary N) is 1. The molecule has 0 aliphatic heterocycles. The maximum Gasteiger partial charge on any atom is 0.0700 e. The molecule has 1 aromatic rings. The van der Waals surface area contributed by atoms with Crippen molar-refractivity contribution in [2.45, 2.75) is 38.1 Å². The molecule has 2 rings (SSSR count). The Morgan fingerprint density at radius 1 is 1.20 bits per heavy atom. The lowest BCUT2D eigenvalue weighted by Gasteiger charge is -2.36. The van der Waals surface area contributed by atoms with Gasteiger partial charge in [0.25, 0.3) is 0 Å². The van der Waals surface area contributed by atoms with E-state index < -0.39 is 0 Å². The standard InChI is InChI=1S/C17H27NO2/c1-14-5-3-6-15(11-14)16-12-17(13-16)18-7-4-8-20-10-9-19-2/h3,5-6,11,16-18H,4,7-10,12-13H2,1-2H3. The first-order chi connectivity index (χ1) is 9.79. The summed E-state index contributed by atoms with van der Waals surface area (Å²) < 4.78 is 10.4. The summed E-state index contributed by atoms with van der Waals surface area (Å²) in [6.07, 6.45) is 3.62. The third kappa shape index (κ3) is 4.89. The quantitative estimate of drug-likeness (QED) is 0.704. The van der Waals surface area contributed by atoms with Crippen LogP contribution in [0.15, 0.2) is 24.3 Å². The van der Waals surface area contributed by atoms with E-state index in [2.05, 4.69) is 36.5 Å². The average Bonchev–Trinajstić information content (AvgIpc) is 2.39. The summed E-state index contributed by atoms with van der Waals surface area (Å²) in [5.74, 6) is 0.755. The first kappa shape index (κ1) is 15.5. The summed E-state index contributed by atoms with van der Waals surface area (Å²) in [7, 11) is 1.70. The Labute approximate surface area is 122 Å². The average molecular weight is 277 g/mol. The van der Waals surface area contributed by atoms with Gasteiger partial charge in [-0.3, -0.25) is 0 Å². The summed E-state index contributed by atoms with van der Waals surface area (Å²) >= 11 is 0. The molecular formula is C17H27NO2. The minimum Gasteiger partial charge on any atom is -0.382 e. The van der Waals surface area contributed by atoms with Crippen molar-refractivity contribution in [1.29, 1.82) is 0 Å². The van der Waals surface area contributed by atoms with Gasteiger partial charge in [0.2, 0.25) is 0 Å². The zero-order valence-electron chi connectivity index (χ0n) is 12.7. The van der Waals surface area contributed by atoms with Gasteiger partial charge in [-0.2, -0.15) is 0 Å². The van der Waals surface area contributed by atoms with Crippen molar-refractivity contribution in [1.82, 2.24) is 5.32 Å². The van der Waals surface area contributed by atoms with Crippen molar-refractivity contribution in [2.75, 3.05) is 33.5 Å². The molecule has 3 heteroatoms. The van der Waals surface area contributed by atoms with Gasteiger partial charge in [-0.15, -0.1) is 0 Å². The second kappa shape index (κ2) is 8.40. The van der Waals surface area contributed by atoms with Gasteiger partial charge < -0.3 is 14.8 Å². The topological polar surface area (TPSA) is 30.5 Å². The van der Waals surface area contributed by atoms with E-state index in [-0.39, 0.29) is 0 Å². The molecule has 1 fully saturated rings. The Bertz CT molecular complexity index is 388. The maximum atomic E-state index is 5.45. The van der Waals surface area contributed by atoms with Crippen molar-refractivity contribution in [2.24, 2.45) is 0 Å². The Morgan fingerprint density at radius 3 is 2.80 bits per heavy atom. The van der Waals surface area contributed by atoms with Gasteiger partial charge >= 0.3 is 0 Å². The third-order valence-electron chi connectivity index (χ3n) is 3.98. The number of methoxy groups -OCH3 is 1. The second-order valence-electron chi connectivity index (χ2n) is 5.69. The van der Waals surface area contributed by atoms with Crippen LogP contribution in [0.2, 0.25) is 0 Å². The molecule has 1 saturated carbocycles. The summed E-state index contributed by atoms with van der Waals surface area (Å²) in [5.41, 5.74) is 2.87. The Kier molecular flexibility index (Phi) is 6.51. The van der Waals surface area contributed by atoms with E-state index in [9.17, 15) is 0 Å². The Balaban J connectivity index is 1.52. The predicted molar refractivity (Wildman–Crippen MR) is 82.3 cm³/mol. The molecule has 0 bridgehead atoms. The van der Waals surface area contributed by atoms with Crippen LogP contribution in [0.4, 0.5) is 0 Å². The van der Waals surface area contributed by atoms with Gasteiger partial charge in [0.05, 0.1) is 13.2 Å². The number of hydrogen-bond acceptors (Lipinski definition) is 3. The number of aryl methyl sites for hydroxylation is 1. The first-order valence-corrected chi connectivity index (χ1v) is 7.66. The summed E-state index contributed by atoms with van der Waals surface area (Å²) in [4.78, 5) is 0. The molecule has 0 aromatic heterocycles. The van der Waals surface area contributed by atoms with Crippen LogP contribution in [-0.2, 0) is 9.47 Å². The van der Waals surface area contributed by atoms with Crippen LogP contribution >= 0.6 is 0 Å². The fourth-order valence-electron chi connectivity index (χ4n) is 2.71. The smallest absolute Gasteiger partial charge is 0.0700 e. The maximum absolute atomic E-state index is 5.45. The normalized spacial score (nSPS) is 21.7. The molecule has 1 aliphatic rings. The van der Waals surface area contributed by atoms with Crippen LogP contribution in [-0.4, -0.2) is 39.5 Å². The van der Waals surface area contributed by atoms with Gasteiger partial charge in [0.1, 0.15) is 0 Å². The van der Waals surface area contributed by atoms with Gasteiger partial charge in [0.15, 0.2) is 0 Å². The van der Waals surface area contributed by atoms with Crippen LogP contribution in [0.1, 0.15) is 36.3 Å². The molecular weight excluding hydrogens is 250 g/mol. The van der Waals surface area contributed by atoms with E-state index in [0.29, 0.717) is 19.3 Å². The zero-order chi connectivity index (χ0) is 14.2. The monoisotopic (exact) mass is 277 g/mol. The molecule has 0 radical (unpaired) electrons. The summed E-state index contributed by atoms with van der Waals surface area (Å²) in [6, 6.07) is 9.62. The highest BCUT2D eigenvalue weighted by molar-refractivity contribution is 5.27. The second-order valence-corrected chi connectivity index (χ2v) is 5.69. The number of hydrogen-bond donors (Lipinski definition) is 1. The lowest BCUT2D eigenvalue weighted by atomic mass is 9.75. The molecule has 112 valence electrons. The Hall–Kier alpha value is -0.900. The molecule has 1 N–H and O–H groups in total. The van der Waals surface area contributed by atoms with Crippen molar-refractivity contribution >= 4 is 0 Å². The van der Waals surface area contributed by atoms with E-state index in [4.69, 9.17) is 9.47 Å². The van der Waals surface area contributed by atoms with Crippen LogP contribution in [0.5, 0.6) is 0 Å². The first-order valence-electron chi connectivity index (χ1n) is 7.66. The number of benzene rings is 1. The molecule has 1 aliphatic carbocycles. The molecule has 0 unspecified atom stereocenters. The fraction of sp³-hybridized carbons (Fsp3) is 0.647. The number of ether oxygens (including phenoxy) is 2. The zero-order valence-corrected chi connectivity index (χ0v) is 12.7. The minimum atomic E-state index is 0.689. The molecule has 0 spiro atoms. The van der Waals surface area contributed by atoms with Crippen LogP contribution in [0.3, 0.4) is 0 Å². The van der Waals surface area contributed by atoms with Crippen LogP contribution in [0.25, 0.3) is 0 Å². The molecule has 0 saturated heterocycles. The van der Waals surface area contributed by atoms with Gasteiger partial charge in [-0.1, -0.05) is 29.8 Å². The fourth-order valence-corrected chi connectivity index (χ4v) is 2.71. The molecule has 0 amide bonds. The highest BCUT2D eigenvalue weighted by atomic mass is 16.5. The molecule has 3 nitrogen and oxygen atoms in total. The molecule has 20 heavy (non-hydrogen) atoms. The summed E-state index contributed by atoms with van der Waals surface area (Å²) in [5, 5.41) is 3.61. The molecule has 1 aromatic carbocycles. The van der Waals surface area contributed by atoms with E-state index in [0.717, 1.165) is 25.5 Å². The molecule has 0 atom stereocenters. The highest BCUT2D eigenvalue weighted by Gasteiger charge is 2.29. The third-order valence-corrected chi connectivity index (χ3v) is 3.98. The van der Waals surface area contributed by atoms with Crippen LogP contribution in [0, 0.1) is 6.92 Å². The largest absolute Gasteiger partial charge is 0.382 e. The van der Waals surface area contributed by atoms with Crippen molar-refractivity contribution in [3.8, 4) is 0 Å². The predicted octanol–water partition coefficient (Wildman–Crippen LogP) is 2.88. The van der Waals surface area contributed by atoms with Crippen molar-refractivity contribution in [3.05, 3.63) is 35.4 Å². The van der Waals surface area contributed by atoms with Crippen molar-refractivity contribution < 1.29 is 9.47 Å². The number of rotatable bonds is 9. The highest BCUT2D eigenvalue weighted by Crippen LogP contribution is 2.36. The van der Waals surface area contributed by atoms with Gasteiger partial charge in [0, 0.05) is 19.8 Å². The van der Waals surface area contributed by atoms with E-state index in [1.807, 2.05) is 0 Å². The van der Waals surface area contributed by atoms with Crippen molar-refractivity contribution in [3.63, 3.8) is 0 Å². The minimum absolute atomic E-state index is 0.689. The van der Waals surface area contributed by atoms with Gasteiger partial charge in [-0.05, 0) is 44.2 Å².